The minimum atomic E-state index is -0.904. The number of anilines is 1. The van der Waals surface area contributed by atoms with Crippen molar-refractivity contribution in [3.8, 4) is 5.75 Å². The Balaban J connectivity index is 1.36. The summed E-state index contributed by atoms with van der Waals surface area (Å²) >= 11 is 6.47. The number of fused-ring (bicyclic) bond motifs is 1. The zero-order valence-electron chi connectivity index (χ0n) is 19.7. The summed E-state index contributed by atoms with van der Waals surface area (Å²) < 4.78 is 19.2. The maximum Gasteiger partial charge on any atom is 0.142 e. The first-order valence-corrected chi connectivity index (χ1v) is 13.3. The van der Waals surface area contributed by atoms with Gasteiger partial charge in [-0.25, -0.2) is 9.38 Å². The van der Waals surface area contributed by atoms with Gasteiger partial charge in [0.15, 0.2) is 0 Å². The Kier molecular flexibility index (Phi) is 7.71. The first-order valence-electron chi connectivity index (χ1n) is 11.6. The van der Waals surface area contributed by atoms with Gasteiger partial charge in [0.25, 0.3) is 0 Å². The van der Waals surface area contributed by atoms with E-state index in [1.54, 1.807) is 30.6 Å². The summed E-state index contributed by atoms with van der Waals surface area (Å²) in [5.41, 5.74) is 2.46. The quantitative estimate of drug-likeness (QED) is 0.316. The zero-order valence-corrected chi connectivity index (χ0v) is 21.3. The van der Waals surface area contributed by atoms with E-state index in [2.05, 4.69) is 10.3 Å². The van der Waals surface area contributed by atoms with Crippen LogP contribution in [0, 0.1) is 5.82 Å². The third kappa shape index (κ3) is 5.78. The van der Waals surface area contributed by atoms with Crippen LogP contribution in [0.3, 0.4) is 0 Å². The molecule has 6 nitrogen and oxygen atoms in total. The Morgan fingerprint density at radius 1 is 1.05 bits per heavy atom. The van der Waals surface area contributed by atoms with E-state index in [-0.39, 0.29) is 19.0 Å². The predicted octanol–water partition coefficient (Wildman–Crippen LogP) is 5.46. The lowest BCUT2D eigenvalue weighted by Gasteiger charge is -2.29. The molecule has 37 heavy (non-hydrogen) atoms. The molecule has 2 aliphatic rings. The van der Waals surface area contributed by atoms with Crippen LogP contribution in [0.25, 0.3) is 0 Å². The van der Waals surface area contributed by atoms with E-state index in [4.69, 9.17) is 16.3 Å². The topological polar surface area (TPSA) is 77.3 Å². The Morgan fingerprint density at radius 2 is 1.86 bits per heavy atom. The van der Waals surface area contributed by atoms with Crippen molar-refractivity contribution in [3.63, 3.8) is 0 Å². The number of nitrogens with one attached hydrogen (secondary N) is 1. The van der Waals surface area contributed by atoms with Crippen LogP contribution in [0.5, 0.6) is 5.75 Å². The molecule has 0 saturated heterocycles. The molecule has 9 heteroatoms. The summed E-state index contributed by atoms with van der Waals surface area (Å²) in [6, 6.07) is 21.5. The average molecular weight is 538 g/mol. The van der Waals surface area contributed by atoms with Crippen LogP contribution in [0.2, 0.25) is 5.02 Å². The van der Waals surface area contributed by atoms with Crippen LogP contribution in [0.1, 0.15) is 11.1 Å². The number of rotatable bonds is 9. The van der Waals surface area contributed by atoms with Gasteiger partial charge < -0.3 is 25.2 Å². The maximum atomic E-state index is 13.4. The Labute approximate surface area is 221 Å². The van der Waals surface area contributed by atoms with Crippen LogP contribution in [0.15, 0.2) is 101 Å². The molecule has 0 aromatic heterocycles. The van der Waals surface area contributed by atoms with Crippen molar-refractivity contribution in [3.05, 3.63) is 118 Å². The van der Waals surface area contributed by atoms with Crippen molar-refractivity contribution in [2.24, 2.45) is 4.99 Å². The lowest BCUT2D eigenvalue weighted by atomic mass is 10.1. The molecular formula is C28H25ClFN3O3S. The number of halogens is 2. The van der Waals surface area contributed by atoms with Gasteiger partial charge in [-0.1, -0.05) is 54.1 Å². The highest BCUT2D eigenvalue weighted by molar-refractivity contribution is 8.19. The van der Waals surface area contributed by atoms with E-state index in [9.17, 15) is 14.6 Å². The number of ether oxygens (including phenoxy) is 1. The van der Waals surface area contributed by atoms with Gasteiger partial charge >= 0.3 is 0 Å². The summed E-state index contributed by atoms with van der Waals surface area (Å²) in [6.45, 7) is 0.443. The number of aliphatic hydroxyl groups is 2. The van der Waals surface area contributed by atoms with Crippen LogP contribution in [0.4, 0.5) is 10.1 Å². The summed E-state index contributed by atoms with van der Waals surface area (Å²) in [4.78, 5) is 7.55. The van der Waals surface area contributed by atoms with Gasteiger partial charge in [-0.05, 0) is 52.9 Å². The van der Waals surface area contributed by atoms with Crippen molar-refractivity contribution in [2.45, 2.75) is 18.6 Å². The highest BCUT2D eigenvalue weighted by atomic mass is 35.5. The van der Waals surface area contributed by atoms with Gasteiger partial charge in [-0.3, -0.25) is 0 Å². The van der Waals surface area contributed by atoms with Crippen LogP contribution < -0.4 is 10.1 Å². The zero-order chi connectivity index (χ0) is 25.8. The van der Waals surface area contributed by atoms with E-state index >= 15 is 0 Å². The van der Waals surface area contributed by atoms with E-state index in [0.29, 0.717) is 34.4 Å². The third-order valence-corrected chi connectivity index (χ3v) is 8.16. The number of nitrogens with zero attached hydrogens (tertiary/aromatic N) is 2. The summed E-state index contributed by atoms with van der Waals surface area (Å²) in [5, 5.41) is 25.8. The Morgan fingerprint density at radius 3 is 2.62 bits per heavy atom. The van der Waals surface area contributed by atoms with Crippen molar-refractivity contribution in [1.29, 1.82) is 0 Å². The van der Waals surface area contributed by atoms with Gasteiger partial charge in [0.05, 0.1) is 23.0 Å². The molecule has 0 amide bonds. The van der Waals surface area contributed by atoms with Crippen molar-refractivity contribution >= 4 is 39.1 Å². The fourth-order valence-corrected chi connectivity index (χ4v) is 6.08. The molecule has 0 bridgehead atoms. The molecule has 3 aromatic rings. The standard InChI is InChI=1S/C28H25ClFN3O3S/c29-24-14-22(9-10-25(24)36-17-20-7-4-8-21(30)13-20)32-27-23-11-12-37(26(35)16-34)28(23)33(18-31-27)15-19-5-2-1-3-6-19/h1-14,18,26,32,34-35H,15-17H2/t26-,37?/m0/s1. The van der Waals surface area contributed by atoms with E-state index in [1.807, 2.05) is 52.8 Å². The second-order valence-corrected chi connectivity index (χ2v) is 10.8. The van der Waals surface area contributed by atoms with Crippen LogP contribution in [-0.2, 0) is 13.2 Å². The predicted molar refractivity (Wildman–Crippen MR) is 148 cm³/mol. The van der Waals surface area contributed by atoms with Crippen molar-refractivity contribution < 1.29 is 19.3 Å². The summed E-state index contributed by atoms with van der Waals surface area (Å²) in [6.07, 6.45) is 3.66. The second kappa shape index (κ2) is 11.3. The van der Waals surface area contributed by atoms with Gasteiger partial charge in [-0.2, -0.15) is 0 Å². The SMILES string of the molecule is OC[C@@H](O)S1=C2C(=C(Nc3ccc(OCc4cccc(F)c4)c(Cl)c3)N=CN2Cc2ccccc2)C=C1. The second-order valence-electron chi connectivity index (χ2n) is 8.43. The molecule has 3 N–H and O–H groups in total. The number of benzene rings is 3. The molecule has 1 unspecified atom stereocenters. The number of aliphatic imine (C=N–C) groups is 1. The molecule has 3 aromatic carbocycles. The normalized spacial score (nSPS) is 17.2. The van der Waals surface area contributed by atoms with E-state index < -0.39 is 15.9 Å². The van der Waals surface area contributed by atoms with Crippen molar-refractivity contribution in [2.75, 3.05) is 11.9 Å². The molecule has 0 fully saturated rings. The average Bonchev–Trinajstić information content (AvgIpc) is 3.36. The number of hydrogen-bond acceptors (Lipinski definition) is 6. The van der Waals surface area contributed by atoms with E-state index in [1.165, 1.54) is 12.1 Å². The van der Waals surface area contributed by atoms with E-state index in [0.717, 1.165) is 16.1 Å². The van der Waals surface area contributed by atoms with Crippen LogP contribution >= 0.6 is 22.1 Å². The lowest BCUT2D eigenvalue weighted by molar-refractivity contribution is 0.160. The number of aliphatic hydroxyl groups excluding tert-OH is 2. The van der Waals surface area contributed by atoms with Gasteiger partial charge in [0.1, 0.15) is 29.4 Å². The first kappa shape index (κ1) is 25.2. The largest absolute Gasteiger partial charge is 0.487 e. The van der Waals surface area contributed by atoms with Crippen LogP contribution in [-0.4, -0.2) is 38.5 Å². The summed E-state index contributed by atoms with van der Waals surface area (Å²) in [5.74, 6) is 0.777. The molecule has 0 radical (unpaired) electrons. The molecule has 0 aliphatic carbocycles. The number of hydrogen-bond donors (Lipinski definition) is 3. The molecule has 2 atom stereocenters. The fraction of sp³-hybridized carbons (Fsp3) is 0.143. The molecular weight excluding hydrogens is 513 g/mol. The Bertz CT molecular complexity index is 1430. The van der Waals surface area contributed by atoms with Gasteiger partial charge in [-0.15, -0.1) is 10.5 Å². The third-order valence-electron chi connectivity index (χ3n) is 5.80. The highest BCUT2D eigenvalue weighted by Gasteiger charge is 2.29. The maximum absolute atomic E-state index is 13.4. The molecule has 2 heterocycles. The monoisotopic (exact) mass is 537 g/mol. The highest BCUT2D eigenvalue weighted by Crippen LogP contribution is 2.38. The minimum absolute atomic E-state index is 0.194. The lowest BCUT2D eigenvalue weighted by Crippen LogP contribution is -2.34. The Hall–Kier alpha value is -3.43. The minimum Gasteiger partial charge on any atom is -0.487 e. The first-order chi connectivity index (χ1) is 18.0. The van der Waals surface area contributed by atoms with Crippen molar-refractivity contribution in [1.82, 2.24) is 4.90 Å². The molecule has 0 saturated carbocycles. The summed E-state index contributed by atoms with van der Waals surface area (Å²) in [7, 11) is -0.696. The molecule has 5 rings (SSSR count). The van der Waals surface area contributed by atoms with Gasteiger partial charge in [0.2, 0.25) is 0 Å². The molecule has 2 aliphatic heterocycles. The fourth-order valence-electron chi connectivity index (χ4n) is 4.04. The molecule has 0 spiro atoms. The molecule has 190 valence electrons. The smallest absolute Gasteiger partial charge is 0.142 e. The van der Waals surface area contributed by atoms with Gasteiger partial charge in [0, 0.05) is 17.8 Å².